The summed E-state index contributed by atoms with van der Waals surface area (Å²) in [6.45, 7) is 0. The molecule has 0 amide bonds. The molecule has 3 aromatic rings. The van der Waals surface area contributed by atoms with E-state index in [2.05, 4.69) is 9.97 Å². The smallest absolute Gasteiger partial charge is 0.182 e. The number of nitrogen functional groups attached to an aromatic ring is 1. The van der Waals surface area contributed by atoms with E-state index in [1.165, 1.54) is 22.7 Å². The average molecular weight is 295 g/mol. The van der Waals surface area contributed by atoms with Gasteiger partial charge in [0.05, 0.1) is 26.8 Å². The fraction of sp³-hybridized carbons (Fsp3) is 0.0909. The van der Waals surface area contributed by atoms with E-state index in [0.29, 0.717) is 15.8 Å². The monoisotopic (exact) mass is 295 g/mol. The number of nitrogens with two attached hydrogens (primary N) is 1. The Kier molecular flexibility index (Phi) is 3.11. The topological polar surface area (TPSA) is 68.9 Å². The van der Waals surface area contributed by atoms with E-state index in [1.807, 2.05) is 17.5 Å². The van der Waals surface area contributed by atoms with E-state index in [4.69, 9.17) is 5.73 Å². The van der Waals surface area contributed by atoms with Crippen molar-refractivity contribution in [1.82, 2.24) is 9.97 Å². The van der Waals surface area contributed by atoms with Crippen molar-refractivity contribution < 1.29 is 4.21 Å². The van der Waals surface area contributed by atoms with Crippen molar-refractivity contribution in [2.75, 3.05) is 5.73 Å². The molecule has 18 heavy (non-hydrogen) atoms. The number of thiazole rings is 2. The Morgan fingerprint density at radius 2 is 2.28 bits per heavy atom. The highest BCUT2D eigenvalue weighted by atomic mass is 32.2. The number of benzene rings is 1. The lowest BCUT2D eigenvalue weighted by Gasteiger charge is -1.92. The zero-order valence-electron chi connectivity index (χ0n) is 9.20. The predicted octanol–water partition coefficient (Wildman–Crippen LogP) is 2.64. The van der Waals surface area contributed by atoms with Crippen LogP contribution < -0.4 is 5.73 Å². The quantitative estimate of drug-likeness (QED) is 0.754. The van der Waals surface area contributed by atoms with Gasteiger partial charge < -0.3 is 5.73 Å². The van der Waals surface area contributed by atoms with Crippen molar-refractivity contribution in [2.45, 2.75) is 10.1 Å². The number of rotatable bonds is 3. The highest BCUT2D eigenvalue weighted by Gasteiger charge is 2.12. The van der Waals surface area contributed by atoms with Crippen molar-refractivity contribution in [3.8, 4) is 0 Å². The molecular weight excluding hydrogens is 286 g/mol. The van der Waals surface area contributed by atoms with E-state index in [9.17, 15) is 4.21 Å². The molecule has 0 bridgehead atoms. The van der Waals surface area contributed by atoms with Gasteiger partial charge in [-0.3, -0.25) is 4.21 Å². The summed E-state index contributed by atoms with van der Waals surface area (Å²) in [5.41, 5.74) is 7.26. The van der Waals surface area contributed by atoms with Gasteiger partial charge in [0.1, 0.15) is 5.01 Å². The van der Waals surface area contributed by atoms with E-state index < -0.39 is 10.8 Å². The molecule has 3 rings (SSSR count). The van der Waals surface area contributed by atoms with Gasteiger partial charge >= 0.3 is 0 Å². The number of anilines is 1. The minimum Gasteiger partial charge on any atom is -0.399 e. The molecule has 0 fully saturated rings. The summed E-state index contributed by atoms with van der Waals surface area (Å²) in [7, 11) is -1.14. The molecule has 0 aliphatic rings. The van der Waals surface area contributed by atoms with Gasteiger partial charge in [-0.2, -0.15) is 0 Å². The molecule has 4 nitrogen and oxygen atoms in total. The molecule has 1 unspecified atom stereocenters. The number of hydrogen-bond acceptors (Lipinski definition) is 6. The second-order valence-corrected chi connectivity index (χ2v) is 7.26. The maximum atomic E-state index is 12.2. The summed E-state index contributed by atoms with van der Waals surface area (Å²) in [4.78, 5) is 8.51. The largest absolute Gasteiger partial charge is 0.399 e. The molecule has 0 aliphatic carbocycles. The summed E-state index contributed by atoms with van der Waals surface area (Å²) in [5.74, 6) is 0.424. The first-order valence-electron chi connectivity index (χ1n) is 5.15. The number of nitrogens with zero attached hydrogens (tertiary/aromatic N) is 2. The van der Waals surface area contributed by atoms with Gasteiger partial charge in [0.15, 0.2) is 4.34 Å². The van der Waals surface area contributed by atoms with Crippen LogP contribution in [0, 0.1) is 0 Å². The molecule has 1 atom stereocenters. The number of hydrogen-bond donors (Lipinski definition) is 1. The lowest BCUT2D eigenvalue weighted by atomic mass is 10.3. The van der Waals surface area contributed by atoms with Gasteiger partial charge in [-0.1, -0.05) is 0 Å². The van der Waals surface area contributed by atoms with Crippen molar-refractivity contribution in [2.24, 2.45) is 0 Å². The van der Waals surface area contributed by atoms with E-state index in [-0.39, 0.29) is 0 Å². The van der Waals surface area contributed by atoms with Crippen molar-refractivity contribution in [3.05, 3.63) is 34.8 Å². The first-order chi connectivity index (χ1) is 8.72. The molecule has 7 heteroatoms. The van der Waals surface area contributed by atoms with Gasteiger partial charge in [-0.15, -0.1) is 22.7 Å². The van der Waals surface area contributed by atoms with Crippen LogP contribution in [0.3, 0.4) is 0 Å². The first-order valence-corrected chi connectivity index (χ1v) is 8.17. The molecule has 2 N–H and O–H groups in total. The van der Waals surface area contributed by atoms with Crippen LogP contribution in [0.2, 0.25) is 0 Å². The maximum absolute atomic E-state index is 12.2. The normalized spacial score (nSPS) is 12.9. The Morgan fingerprint density at radius 3 is 3.06 bits per heavy atom. The van der Waals surface area contributed by atoms with Crippen LogP contribution >= 0.6 is 22.7 Å². The molecule has 0 aliphatic heterocycles. The van der Waals surface area contributed by atoms with Gasteiger partial charge in [0.2, 0.25) is 0 Å². The third-order valence-electron chi connectivity index (χ3n) is 2.33. The Hall–Kier alpha value is -1.31. The lowest BCUT2D eigenvalue weighted by molar-refractivity contribution is 0.682. The zero-order chi connectivity index (χ0) is 12.5. The first kappa shape index (κ1) is 11.8. The number of fused-ring (bicyclic) bond motifs is 1. The van der Waals surface area contributed by atoms with Crippen LogP contribution in [0.1, 0.15) is 5.01 Å². The summed E-state index contributed by atoms with van der Waals surface area (Å²) >= 11 is 2.93. The Labute approximate surface area is 114 Å². The van der Waals surface area contributed by atoms with Crippen molar-refractivity contribution in [1.29, 1.82) is 0 Å². The van der Waals surface area contributed by atoms with E-state index in [0.717, 1.165) is 15.2 Å². The fourth-order valence-electron chi connectivity index (χ4n) is 1.52. The van der Waals surface area contributed by atoms with Crippen LogP contribution in [0.15, 0.2) is 34.1 Å². The maximum Gasteiger partial charge on any atom is 0.182 e. The molecule has 0 radical (unpaired) electrons. The third-order valence-corrected chi connectivity index (χ3v) is 5.92. The van der Waals surface area contributed by atoms with Gasteiger partial charge in [0.25, 0.3) is 0 Å². The standard InChI is InChI=1S/C11H9N3OS3/c12-7-1-2-8-9(5-7)17-11(14-8)18(15)6-10-13-3-4-16-10/h1-5H,6,12H2. The molecule has 0 saturated carbocycles. The van der Waals surface area contributed by atoms with Crippen LogP contribution in [0.5, 0.6) is 0 Å². The van der Waals surface area contributed by atoms with Crippen molar-refractivity contribution in [3.63, 3.8) is 0 Å². The van der Waals surface area contributed by atoms with Crippen molar-refractivity contribution >= 4 is 49.4 Å². The Morgan fingerprint density at radius 1 is 1.39 bits per heavy atom. The fourth-order valence-corrected chi connectivity index (χ4v) is 4.70. The summed E-state index contributed by atoms with van der Waals surface area (Å²) in [6, 6.07) is 5.51. The zero-order valence-corrected chi connectivity index (χ0v) is 11.6. The molecule has 2 heterocycles. The SMILES string of the molecule is Nc1ccc2nc(S(=O)Cc3nccs3)sc2c1. The van der Waals surface area contributed by atoms with Gasteiger partial charge in [-0.25, -0.2) is 9.97 Å². The minimum atomic E-state index is -1.14. The van der Waals surface area contributed by atoms with Gasteiger partial charge in [-0.05, 0) is 18.2 Å². The Bertz CT molecular complexity index is 705. The molecule has 0 saturated heterocycles. The highest BCUT2D eigenvalue weighted by Crippen LogP contribution is 2.27. The minimum absolute atomic E-state index is 0.424. The number of aromatic nitrogens is 2. The highest BCUT2D eigenvalue weighted by molar-refractivity contribution is 7.86. The van der Waals surface area contributed by atoms with Crippen LogP contribution in [-0.2, 0) is 16.6 Å². The molecular formula is C11H9N3OS3. The lowest BCUT2D eigenvalue weighted by Crippen LogP contribution is -1.94. The van der Waals surface area contributed by atoms with Crippen LogP contribution in [-0.4, -0.2) is 14.2 Å². The van der Waals surface area contributed by atoms with E-state index >= 15 is 0 Å². The second-order valence-electron chi connectivity index (χ2n) is 3.62. The summed E-state index contributed by atoms with van der Waals surface area (Å²) in [5, 5.41) is 2.75. The Balaban J connectivity index is 1.92. The van der Waals surface area contributed by atoms with E-state index in [1.54, 1.807) is 12.3 Å². The summed E-state index contributed by atoms with van der Waals surface area (Å²) in [6.07, 6.45) is 1.72. The predicted molar refractivity (Wildman–Crippen MR) is 76.3 cm³/mol. The molecule has 92 valence electrons. The average Bonchev–Trinajstić information content (AvgIpc) is 2.96. The van der Waals surface area contributed by atoms with Crippen LogP contribution in [0.25, 0.3) is 10.2 Å². The molecule has 2 aromatic heterocycles. The van der Waals surface area contributed by atoms with Gasteiger partial charge in [0, 0.05) is 17.3 Å². The third kappa shape index (κ3) is 2.29. The van der Waals surface area contributed by atoms with Crippen LogP contribution in [0.4, 0.5) is 5.69 Å². The summed E-state index contributed by atoms with van der Waals surface area (Å²) < 4.78 is 13.8. The molecule has 1 aromatic carbocycles. The second kappa shape index (κ2) is 4.75. The molecule has 0 spiro atoms.